The number of rotatable bonds is 1. The number of aromatic amines is 2. The fourth-order valence-electron chi connectivity index (χ4n) is 0.626. The molecule has 0 radical (unpaired) electrons. The van der Waals surface area contributed by atoms with E-state index in [9.17, 15) is 22.8 Å². The summed E-state index contributed by atoms with van der Waals surface area (Å²) < 4.78 is 35.2. The van der Waals surface area contributed by atoms with Gasteiger partial charge >= 0.3 is 11.2 Å². The standard InChI is InChI=1S/C5H3F3N2O2S/c6-5(7,8)13-3-1-2(11)9-4(12)10-3/h1H,(H2,9,10,11,12). The second kappa shape index (κ2) is 3.29. The van der Waals surface area contributed by atoms with Gasteiger partial charge in [0, 0.05) is 17.8 Å². The number of alkyl halides is 3. The quantitative estimate of drug-likeness (QED) is 0.531. The van der Waals surface area contributed by atoms with Gasteiger partial charge in [-0.15, -0.1) is 0 Å². The van der Waals surface area contributed by atoms with Gasteiger partial charge in [0.15, 0.2) is 0 Å². The van der Waals surface area contributed by atoms with Crippen molar-refractivity contribution in [1.82, 2.24) is 9.97 Å². The zero-order valence-corrected chi connectivity index (χ0v) is 6.75. The minimum absolute atomic E-state index is 0.527. The fraction of sp³-hybridized carbons (Fsp3) is 0.200. The highest BCUT2D eigenvalue weighted by atomic mass is 32.2. The van der Waals surface area contributed by atoms with Crippen molar-refractivity contribution in [2.24, 2.45) is 0 Å². The highest BCUT2D eigenvalue weighted by molar-refractivity contribution is 8.00. The molecule has 0 atom stereocenters. The summed E-state index contributed by atoms with van der Waals surface area (Å²) in [5.74, 6) is 0. The van der Waals surface area contributed by atoms with Crippen molar-refractivity contribution < 1.29 is 13.2 Å². The first-order valence-electron chi connectivity index (χ1n) is 2.96. The Kier molecular flexibility index (Phi) is 2.50. The van der Waals surface area contributed by atoms with E-state index in [2.05, 4.69) is 0 Å². The third-order valence-electron chi connectivity index (χ3n) is 0.961. The van der Waals surface area contributed by atoms with Gasteiger partial charge in [0.05, 0.1) is 5.03 Å². The molecule has 0 saturated heterocycles. The van der Waals surface area contributed by atoms with Crippen LogP contribution in [0.2, 0.25) is 0 Å². The molecule has 0 bridgehead atoms. The first kappa shape index (κ1) is 9.90. The van der Waals surface area contributed by atoms with Crippen LogP contribution in [0, 0.1) is 0 Å². The Hall–Kier alpha value is -1.18. The summed E-state index contributed by atoms with van der Waals surface area (Å²) in [6, 6.07) is 0.666. The number of aromatic nitrogens is 2. The molecular weight excluding hydrogens is 209 g/mol. The van der Waals surface area contributed by atoms with Crippen molar-refractivity contribution in [1.29, 1.82) is 0 Å². The van der Waals surface area contributed by atoms with Crippen molar-refractivity contribution >= 4 is 11.8 Å². The lowest BCUT2D eigenvalue weighted by molar-refractivity contribution is -0.0329. The van der Waals surface area contributed by atoms with E-state index in [1.54, 1.807) is 4.98 Å². The molecule has 0 aromatic carbocycles. The second-order valence-electron chi connectivity index (χ2n) is 2.00. The van der Waals surface area contributed by atoms with Crippen LogP contribution in [0.15, 0.2) is 20.7 Å². The molecule has 0 saturated carbocycles. The summed E-state index contributed by atoms with van der Waals surface area (Å²) in [5.41, 5.74) is -6.34. The fourth-order valence-corrected chi connectivity index (χ4v) is 1.18. The van der Waals surface area contributed by atoms with Crippen molar-refractivity contribution in [2.45, 2.75) is 10.5 Å². The SMILES string of the molecule is O=c1cc(SC(F)(F)F)[nH]c(=O)[nH]1. The van der Waals surface area contributed by atoms with Crippen LogP contribution in [0.4, 0.5) is 13.2 Å². The molecule has 1 aromatic rings. The van der Waals surface area contributed by atoms with Crippen LogP contribution in [0.1, 0.15) is 0 Å². The monoisotopic (exact) mass is 212 g/mol. The summed E-state index contributed by atoms with van der Waals surface area (Å²) in [5, 5.41) is -0.527. The van der Waals surface area contributed by atoms with Crippen molar-refractivity contribution in [2.75, 3.05) is 0 Å². The number of hydrogen-bond acceptors (Lipinski definition) is 3. The van der Waals surface area contributed by atoms with Crippen LogP contribution in [0.3, 0.4) is 0 Å². The van der Waals surface area contributed by atoms with E-state index in [0.717, 1.165) is 0 Å². The maximum Gasteiger partial charge on any atom is 0.447 e. The average Bonchev–Trinajstić information content (AvgIpc) is 1.78. The molecule has 0 aliphatic heterocycles. The number of H-pyrrole nitrogens is 2. The second-order valence-corrected chi connectivity index (χ2v) is 3.11. The smallest absolute Gasteiger partial charge is 0.302 e. The lowest BCUT2D eigenvalue weighted by atomic mass is 10.7. The Balaban J connectivity index is 3.03. The maximum atomic E-state index is 11.7. The number of thioether (sulfide) groups is 1. The maximum absolute atomic E-state index is 11.7. The first-order valence-corrected chi connectivity index (χ1v) is 3.78. The van der Waals surface area contributed by atoms with Gasteiger partial charge in [0.1, 0.15) is 0 Å². The van der Waals surface area contributed by atoms with Gasteiger partial charge in [-0.1, -0.05) is 0 Å². The number of hydrogen-bond donors (Lipinski definition) is 2. The Labute approximate surface area is 73.2 Å². The molecule has 0 aliphatic carbocycles. The molecule has 0 unspecified atom stereocenters. The van der Waals surface area contributed by atoms with Crippen LogP contribution in [-0.4, -0.2) is 15.5 Å². The van der Waals surface area contributed by atoms with Crippen molar-refractivity contribution in [3.63, 3.8) is 0 Å². The van der Waals surface area contributed by atoms with E-state index in [4.69, 9.17) is 0 Å². The molecule has 1 heterocycles. The molecule has 0 fully saturated rings. The summed E-state index contributed by atoms with van der Waals surface area (Å²) >= 11 is -0.546. The molecule has 2 N–H and O–H groups in total. The van der Waals surface area contributed by atoms with Gasteiger partial charge in [0.25, 0.3) is 5.56 Å². The summed E-state index contributed by atoms with van der Waals surface area (Å²) in [6.07, 6.45) is 0. The number of halogens is 3. The minimum Gasteiger partial charge on any atom is -0.302 e. The van der Waals surface area contributed by atoms with Crippen molar-refractivity contribution in [3.05, 3.63) is 26.9 Å². The largest absolute Gasteiger partial charge is 0.447 e. The lowest BCUT2D eigenvalue weighted by Crippen LogP contribution is -2.22. The van der Waals surface area contributed by atoms with Crippen LogP contribution in [0.25, 0.3) is 0 Å². The lowest BCUT2D eigenvalue weighted by Gasteiger charge is -2.03. The highest BCUT2D eigenvalue weighted by Crippen LogP contribution is 2.34. The molecule has 8 heteroatoms. The van der Waals surface area contributed by atoms with Gasteiger partial charge in [-0.3, -0.25) is 9.78 Å². The molecule has 13 heavy (non-hydrogen) atoms. The van der Waals surface area contributed by atoms with Gasteiger partial charge in [0.2, 0.25) is 0 Å². The van der Waals surface area contributed by atoms with Crippen LogP contribution >= 0.6 is 11.8 Å². The van der Waals surface area contributed by atoms with E-state index in [1.165, 1.54) is 0 Å². The van der Waals surface area contributed by atoms with Crippen LogP contribution < -0.4 is 11.2 Å². The third-order valence-corrected chi connectivity index (χ3v) is 1.63. The van der Waals surface area contributed by atoms with E-state index >= 15 is 0 Å². The number of nitrogens with one attached hydrogen (secondary N) is 2. The summed E-state index contributed by atoms with van der Waals surface area (Å²) in [4.78, 5) is 24.6. The van der Waals surface area contributed by atoms with Gasteiger partial charge in [-0.25, -0.2) is 4.79 Å². The first-order chi connectivity index (χ1) is 5.87. The molecule has 1 aromatic heterocycles. The molecule has 72 valence electrons. The molecule has 0 spiro atoms. The summed E-state index contributed by atoms with van der Waals surface area (Å²) in [6.45, 7) is 0. The van der Waals surface area contributed by atoms with Crippen LogP contribution in [-0.2, 0) is 0 Å². The van der Waals surface area contributed by atoms with Crippen molar-refractivity contribution in [3.8, 4) is 0 Å². The predicted molar refractivity (Wildman–Crippen MR) is 39.6 cm³/mol. The Bertz CT molecular complexity index is 379. The summed E-state index contributed by atoms with van der Waals surface area (Å²) in [7, 11) is 0. The van der Waals surface area contributed by atoms with E-state index < -0.39 is 33.5 Å². The Morgan fingerprint density at radius 3 is 2.31 bits per heavy atom. The Morgan fingerprint density at radius 1 is 1.23 bits per heavy atom. The van der Waals surface area contributed by atoms with Gasteiger partial charge < -0.3 is 4.98 Å². The highest BCUT2D eigenvalue weighted by Gasteiger charge is 2.29. The zero-order chi connectivity index (χ0) is 10.1. The van der Waals surface area contributed by atoms with Gasteiger partial charge in [-0.05, 0) is 0 Å². The molecule has 1 rings (SSSR count). The Morgan fingerprint density at radius 2 is 1.85 bits per heavy atom. The minimum atomic E-state index is -4.52. The van der Waals surface area contributed by atoms with Gasteiger partial charge in [-0.2, -0.15) is 13.2 Å². The van der Waals surface area contributed by atoms with E-state index in [0.29, 0.717) is 6.07 Å². The average molecular weight is 212 g/mol. The van der Waals surface area contributed by atoms with E-state index in [1.807, 2.05) is 4.98 Å². The topological polar surface area (TPSA) is 65.7 Å². The molecule has 0 aliphatic rings. The molecule has 0 amide bonds. The predicted octanol–water partition coefficient (Wildman–Crippen LogP) is 0.675. The van der Waals surface area contributed by atoms with Crippen LogP contribution in [0.5, 0.6) is 0 Å². The normalized spacial score (nSPS) is 11.6. The van der Waals surface area contributed by atoms with E-state index in [-0.39, 0.29) is 0 Å². The molecular formula is C5H3F3N2O2S. The zero-order valence-electron chi connectivity index (χ0n) is 5.94. The third kappa shape index (κ3) is 3.36. The molecule has 4 nitrogen and oxygen atoms in total.